The van der Waals surface area contributed by atoms with E-state index in [4.69, 9.17) is 10.5 Å². The van der Waals surface area contributed by atoms with E-state index in [-0.39, 0.29) is 5.75 Å². The number of aromatic hydroxyl groups is 1. The molecule has 3 N–H and O–H groups in total. The van der Waals surface area contributed by atoms with Crippen molar-refractivity contribution >= 4 is 0 Å². The Labute approximate surface area is 152 Å². The van der Waals surface area contributed by atoms with E-state index in [1.165, 1.54) is 6.33 Å². The molecule has 0 spiro atoms. The predicted molar refractivity (Wildman–Crippen MR) is 101 cm³/mol. The van der Waals surface area contributed by atoms with E-state index in [1.54, 1.807) is 6.07 Å². The SMILES string of the molecule is CCCOc1ccc(-c2ncnc(-c3ccc(CN)cc3)n2)c(O)c1C. The lowest BCUT2D eigenvalue weighted by molar-refractivity contribution is 0.313. The summed E-state index contributed by atoms with van der Waals surface area (Å²) in [5.41, 5.74) is 8.76. The van der Waals surface area contributed by atoms with Crippen molar-refractivity contribution in [3.05, 3.63) is 53.9 Å². The Morgan fingerprint density at radius 2 is 1.77 bits per heavy atom. The average molecular weight is 350 g/mol. The van der Waals surface area contributed by atoms with Crippen molar-refractivity contribution in [1.82, 2.24) is 15.0 Å². The molecule has 1 aromatic heterocycles. The molecule has 0 aliphatic rings. The Bertz CT molecular complexity index is 895. The third-order valence-corrected chi connectivity index (χ3v) is 4.10. The molecule has 0 atom stereocenters. The third kappa shape index (κ3) is 3.65. The first kappa shape index (κ1) is 17.8. The Hall–Kier alpha value is -2.99. The Morgan fingerprint density at radius 1 is 1.04 bits per heavy atom. The van der Waals surface area contributed by atoms with E-state index in [1.807, 2.05) is 44.2 Å². The van der Waals surface area contributed by atoms with E-state index < -0.39 is 0 Å². The van der Waals surface area contributed by atoms with Crippen LogP contribution in [0.3, 0.4) is 0 Å². The molecule has 0 radical (unpaired) electrons. The minimum atomic E-state index is 0.120. The standard InChI is InChI=1S/C20H22N4O2/c1-3-10-26-17-9-8-16(18(25)13(17)2)20-23-12-22-19(24-20)15-6-4-14(11-21)5-7-15/h4-9,12,25H,3,10-11,21H2,1-2H3. The van der Waals surface area contributed by atoms with Gasteiger partial charge in [-0.1, -0.05) is 31.2 Å². The Kier molecular flexibility index (Phi) is 5.43. The maximum atomic E-state index is 10.6. The zero-order valence-electron chi connectivity index (χ0n) is 14.9. The maximum absolute atomic E-state index is 10.6. The zero-order chi connectivity index (χ0) is 18.5. The van der Waals surface area contributed by atoms with Gasteiger partial charge in [0.2, 0.25) is 0 Å². The number of hydrogen-bond donors (Lipinski definition) is 2. The van der Waals surface area contributed by atoms with Crippen LogP contribution in [0.5, 0.6) is 11.5 Å². The second kappa shape index (κ2) is 7.93. The molecule has 134 valence electrons. The van der Waals surface area contributed by atoms with Gasteiger partial charge in [0.25, 0.3) is 0 Å². The van der Waals surface area contributed by atoms with Crippen LogP contribution < -0.4 is 10.5 Å². The summed E-state index contributed by atoms with van der Waals surface area (Å²) in [4.78, 5) is 13.0. The smallest absolute Gasteiger partial charge is 0.167 e. The van der Waals surface area contributed by atoms with Crippen molar-refractivity contribution in [3.8, 4) is 34.3 Å². The molecular formula is C20H22N4O2. The number of benzene rings is 2. The summed E-state index contributed by atoms with van der Waals surface area (Å²) >= 11 is 0. The van der Waals surface area contributed by atoms with E-state index in [0.717, 1.165) is 17.5 Å². The van der Waals surface area contributed by atoms with Crippen molar-refractivity contribution < 1.29 is 9.84 Å². The lowest BCUT2D eigenvalue weighted by Gasteiger charge is -2.12. The highest BCUT2D eigenvalue weighted by molar-refractivity contribution is 5.69. The van der Waals surface area contributed by atoms with Gasteiger partial charge in [-0.05, 0) is 31.0 Å². The molecule has 2 aromatic carbocycles. The summed E-state index contributed by atoms with van der Waals surface area (Å²) in [6.45, 7) is 4.95. The Morgan fingerprint density at radius 3 is 2.46 bits per heavy atom. The fraction of sp³-hybridized carbons (Fsp3) is 0.250. The van der Waals surface area contributed by atoms with Crippen LogP contribution >= 0.6 is 0 Å². The van der Waals surface area contributed by atoms with Crippen LogP contribution in [0.4, 0.5) is 0 Å². The quantitative estimate of drug-likeness (QED) is 0.707. The first-order valence-electron chi connectivity index (χ1n) is 8.58. The van der Waals surface area contributed by atoms with E-state index in [0.29, 0.717) is 41.7 Å². The van der Waals surface area contributed by atoms with Crippen molar-refractivity contribution in [2.75, 3.05) is 6.61 Å². The fourth-order valence-corrected chi connectivity index (χ4v) is 2.59. The van der Waals surface area contributed by atoms with Gasteiger partial charge in [-0.3, -0.25) is 0 Å². The van der Waals surface area contributed by atoms with Gasteiger partial charge in [0.05, 0.1) is 12.2 Å². The fourth-order valence-electron chi connectivity index (χ4n) is 2.59. The number of phenols is 1. The predicted octanol–water partition coefficient (Wildman–Crippen LogP) is 3.47. The van der Waals surface area contributed by atoms with E-state index in [9.17, 15) is 5.11 Å². The lowest BCUT2D eigenvalue weighted by atomic mass is 10.1. The van der Waals surface area contributed by atoms with Gasteiger partial charge >= 0.3 is 0 Å². The normalized spacial score (nSPS) is 10.7. The zero-order valence-corrected chi connectivity index (χ0v) is 14.9. The molecule has 6 heteroatoms. The number of nitrogens with zero attached hydrogens (tertiary/aromatic N) is 3. The lowest BCUT2D eigenvalue weighted by Crippen LogP contribution is -2.00. The molecule has 0 saturated heterocycles. The summed E-state index contributed by atoms with van der Waals surface area (Å²) in [5.74, 6) is 1.75. The van der Waals surface area contributed by atoms with Gasteiger partial charge < -0.3 is 15.6 Å². The second-order valence-corrected chi connectivity index (χ2v) is 5.97. The summed E-state index contributed by atoms with van der Waals surface area (Å²) in [6.07, 6.45) is 2.35. The number of hydrogen-bond acceptors (Lipinski definition) is 6. The van der Waals surface area contributed by atoms with E-state index >= 15 is 0 Å². The van der Waals surface area contributed by atoms with Crippen molar-refractivity contribution in [3.63, 3.8) is 0 Å². The molecule has 0 fully saturated rings. The van der Waals surface area contributed by atoms with E-state index in [2.05, 4.69) is 15.0 Å². The molecular weight excluding hydrogens is 328 g/mol. The highest BCUT2D eigenvalue weighted by atomic mass is 16.5. The van der Waals surface area contributed by atoms with Crippen LogP contribution in [0.1, 0.15) is 24.5 Å². The van der Waals surface area contributed by atoms with Crippen molar-refractivity contribution in [2.24, 2.45) is 5.73 Å². The molecule has 0 aliphatic heterocycles. The largest absolute Gasteiger partial charge is 0.507 e. The summed E-state index contributed by atoms with van der Waals surface area (Å²) in [6, 6.07) is 11.3. The first-order valence-corrected chi connectivity index (χ1v) is 8.58. The topological polar surface area (TPSA) is 94.2 Å². The molecule has 3 aromatic rings. The third-order valence-electron chi connectivity index (χ3n) is 4.10. The number of nitrogens with two attached hydrogens (primary N) is 1. The summed E-state index contributed by atoms with van der Waals surface area (Å²) in [5, 5.41) is 10.6. The first-order chi connectivity index (χ1) is 12.6. The number of aromatic nitrogens is 3. The van der Waals surface area contributed by atoms with Crippen LogP contribution in [0.25, 0.3) is 22.8 Å². The molecule has 0 amide bonds. The second-order valence-electron chi connectivity index (χ2n) is 5.97. The molecule has 1 heterocycles. The molecule has 0 bridgehead atoms. The van der Waals surface area contributed by atoms with Crippen LogP contribution in [-0.4, -0.2) is 26.7 Å². The summed E-state index contributed by atoms with van der Waals surface area (Å²) in [7, 11) is 0. The molecule has 6 nitrogen and oxygen atoms in total. The number of rotatable bonds is 6. The van der Waals surface area contributed by atoms with Crippen molar-refractivity contribution in [1.29, 1.82) is 0 Å². The van der Waals surface area contributed by atoms with Crippen LogP contribution in [0.15, 0.2) is 42.7 Å². The molecule has 0 saturated carbocycles. The van der Waals surface area contributed by atoms with Gasteiger partial charge in [0.15, 0.2) is 11.6 Å². The maximum Gasteiger partial charge on any atom is 0.167 e. The summed E-state index contributed by atoms with van der Waals surface area (Å²) < 4.78 is 5.65. The Balaban J connectivity index is 1.96. The highest BCUT2D eigenvalue weighted by Crippen LogP contribution is 2.35. The van der Waals surface area contributed by atoms with Crippen molar-refractivity contribution in [2.45, 2.75) is 26.8 Å². The molecule has 3 rings (SSSR count). The van der Waals surface area contributed by atoms with Crippen LogP contribution in [0, 0.1) is 6.92 Å². The van der Waals surface area contributed by atoms with Gasteiger partial charge in [-0.2, -0.15) is 0 Å². The minimum Gasteiger partial charge on any atom is -0.507 e. The minimum absolute atomic E-state index is 0.120. The van der Waals surface area contributed by atoms with Crippen LogP contribution in [0.2, 0.25) is 0 Å². The molecule has 26 heavy (non-hydrogen) atoms. The highest BCUT2D eigenvalue weighted by Gasteiger charge is 2.15. The number of ether oxygens (including phenoxy) is 1. The average Bonchev–Trinajstić information content (AvgIpc) is 2.69. The number of phenolic OH excluding ortho intramolecular Hbond substituents is 1. The van der Waals surface area contributed by atoms with Gasteiger partial charge in [-0.15, -0.1) is 0 Å². The molecule has 0 unspecified atom stereocenters. The van der Waals surface area contributed by atoms with Gasteiger partial charge in [0.1, 0.15) is 17.8 Å². The monoisotopic (exact) mass is 350 g/mol. The van der Waals surface area contributed by atoms with Gasteiger partial charge in [-0.25, -0.2) is 15.0 Å². The van der Waals surface area contributed by atoms with Crippen LogP contribution in [-0.2, 0) is 6.54 Å². The van der Waals surface area contributed by atoms with Gasteiger partial charge in [0, 0.05) is 17.7 Å². The molecule has 0 aliphatic carbocycles.